The molecule has 0 aliphatic rings. The van der Waals surface area contributed by atoms with Crippen LogP contribution in [0.5, 0.6) is 0 Å². The highest BCUT2D eigenvalue weighted by Gasteiger charge is 2.18. The minimum atomic E-state index is -1.18. The van der Waals surface area contributed by atoms with Gasteiger partial charge in [-0.05, 0) is 50.1 Å². The summed E-state index contributed by atoms with van der Waals surface area (Å²) < 4.78 is 28.0. The number of hydrogen-bond donors (Lipinski definition) is 2. The van der Waals surface area contributed by atoms with Crippen LogP contribution in [0.1, 0.15) is 10.4 Å². The standard InChI is InChI=1S/C11H6Br2F2N2OS/c12-7-3-4(10(13)19-7)11(18)17-9-6(16)2-1-5(14)8(9)15/h1-3H,16H2,(H,17,18). The number of anilines is 2. The van der Waals surface area contributed by atoms with E-state index in [1.165, 1.54) is 17.4 Å². The molecule has 0 radical (unpaired) electrons. The van der Waals surface area contributed by atoms with E-state index in [0.29, 0.717) is 9.35 Å². The first-order chi connectivity index (χ1) is 8.90. The minimum absolute atomic E-state index is 0.0438. The van der Waals surface area contributed by atoms with Crippen LogP contribution in [-0.2, 0) is 0 Å². The van der Waals surface area contributed by atoms with E-state index in [1.807, 2.05) is 0 Å². The number of hydrogen-bond acceptors (Lipinski definition) is 3. The van der Waals surface area contributed by atoms with Crippen molar-refractivity contribution in [2.45, 2.75) is 0 Å². The van der Waals surface area contributed by atoms with Crippen LogP contribution >= 0.6 is 43.2 Å². The molecule has 0 unspecified atom stereocenters. The summed E-state index contributed by atoms with van der Waals surface area (Å²) in [6.45, 7) is 0. The molecule has 0 spiro atoms. The molecule has 8 heteroatoms. The highest BCUT2D eigenvalue weighted by molar-refractivity contribution is 9.12. The van der Waals surface area contributed by atoms with Crippen molar-refractivity contribution in [1.29, 1.82) is 0 Å². The highest BCUT2D eigenvalue weighted by Crippen LogP contribution is 2.33. The Morgan fingerprint density at radius 3 is 2.58 bits per heavy atom. The van der Waals surface area contributed by atoms with Crippen LogP contribution in [-0.4, -0.2) is 5.91 Å². The number of thiophene rings is 1. The van der Waals surface area contributed by atoms with E-state index in [4.69, 9.17) is 5.73 Å². The maximum Gasteiger partial charge on any atom is 0.257 e. The lowest BCUT2D eigenvalue weighted by molar-refractivity contribution is 0.102. The van der Waals surface area contributed by atoms with Gasteiger partial charge in [-0.3, -0.25) is 4.79 Å². The van der Waals surface area contributed by atoms with Crippen LogP contribution in [0, 0.1) is 11.6 Å². The van der Waals surface area contributed by atoms with Gasteiger partial charge < -0.3 is 11.1 Å². The highest BCUT2D eigenvalue weighted by atomic mass is 79.9. The Balaban J connectivity index is 2.34. The lowest BCUT2D eigenvalue weighted by atomic mass is 10.2. The topological polar surface area (TPSA) is 55.1 Å². The van der Waals surface area contributed by atoms with Gasteiger partial charge in [-0.2, -0.15) is 0 Å². The van der Waals surface area contributed by atoms with Crippen LogP contribution in [0.25, 0.3) is 0 Å². The van der Waals surface area contributed by atoms with Gasteiger partial charge >= 0.3 is 0 Å². The summed E-state index contributed by atoms with van der Waals surface area (Å²) in [6, 6.07) is 3.65. The molecule has 2 rings (SSSR count). The number of halogens is 4. The molecular weight excluding hydrogens is 406 g/mol. The Morgan fingerprint density at radius 1 is 1.32 bits per heavy atom. The molecule has 1 amide bonds. The van der Waals surface area contributed by atoms with Crippen molar-refractivity contribution in [2.24, 2.45) is 0 Å². The number of benzene rings is 1. The molecule has 0 bridgehead atoms. The van der Waals surface area contributed by atoms with Gasteiger partial charge in [0.25, 0.3) is 5.91 Å². The fourth-order valence-electron chi connectivity index (χ4n) is 1.37. The van der Waals surface area contributed by atoms with E-state index < -0.39 is 17.5 Å². The van der Waals surface area contributed by atoms with Gasteiger partial charge in [0.15, 0.2) is 11.6 Å². The Labute approximate surface area is 128 Å². The Hall–Kier alpha value is -0.990. The first kappa shape index (κ1) is 14.4. The van der Waals surface area contributed by atoms with Gasteiger partial charge in [-0.1, -0.05) is 0 Å². The molecule has 0 fully saturated rings. The zero-order chi connectivity index (χ0) is 14.2. The summed E-state index contributed by atoms with van der Waals surface area (Å²) in [6.07, 6.45) is 0. The molecule has 0 saturated carbocycles. The summed E-state index contributed by atoms with van der Waals surface area (Å²) in [5.41, 5.74) is 5.42. The van der Waals surface area contributed by atoms with Gasteiger partial charge in [0, 0.05) is 0 Å². The van der Waals surface area contributed by atoms with Crippen LogP contribution in [0.3, 0.4) is 0 Å². The van der Waals surface area contributed by atoms with Crippen molar-refractivity contribution >= 4 is 60.5 Å². The van der Waals surface area contributed by atoms with Gasteiger partial charge in [-0.25, -0.2) is 8.78 Å². The van der Waals surface area contributed by atoms with Crippen LogP contribution < -0.4 is 11.1 Å². The van der Waals surface area contributed by atoms with E-state index >= 15 is 0 Å². The lowest BCUT2D eigenvalue weighted by Gasteiger charge is -2.09. The maximum absolute atomic E-state index is 13.6. The fraction of sp³-hybridized carbons (Fsp3) is 0. The van der Waals surface area contributed by atoms with Crippen LogP contribution in [0.15, 0.2) is 25.8 Å². The van der Waals surface area contributed by atoms with Crippen molar-refractivity contribution in [3.8, 4) is 0 Å². The molecule has 1 aromatic carbocycles. The van der Waals surface area contributed by atoms with Crippen molar-refractivity contribution in [2.75, 3.05) is 11.1 Å². The van der Waals surface area contributed by atoms with E-state index in [2.05, 4.69) is 37.2 Å². The summed E-state index contributed by atoms with van der Waals surface area (Å²) in [5, 5.41) is 2.27. The molecule has 0 saturated heterocycles. The summed E-state index contributed by atoms with van der Waals surface area (Å²) in [4.78, 5) is 12.0. The molecule has 0 aliphatic heterocycles. The van der Waals surface area contributed by atoms with E-state index in [1.54, 1.807) is 6.07 Å². The van der Waals surface area contributed by atoms with E-state index in [9.17, 15) is 13.6 Å². The number of carbonyl (C=O) groups excluding carboxylic acids is 1. The summed E-state index contributed by atoms with van der Waals surface area (Å²) in [5.74, 6) is -2.83. The van der Waals surface area contributed by atoms with Crippen molar-refractivity contribution in [3.05, 3.63) is 43.0 Å². The Bertz CT molecular complexity index is 660. The van der Waals surface area contributed by atoms with Gasteiger partial charge in [0.2, 0.25) is 0 Å². The van der Waals surface area contributed by atoms with E-state index in [-0.39, 0.29) is 11.4 Å². The minimum Gasteiger partial charge on any atom is -0.397 e. The third kappa shape index (κ3) is 2.96. The van der Waals surface area contributed by atoms with Crippen molar-refractivity contribution in [1.82, 2.24) is 0 Å². The molecule has 100 valence electrons. The van der Waals surface area contributed by atoms with Crippen LogP contribution in [0.2, 0.25) is 0 Å². The molecule has 19 heavy (non-hydrogen) atoms. The average molecular weight is 412 g/mol. The second-order valence-electron chi connectivity index (χ2n) is 3.52. The second kappa shape index (κ2) is 5.56. The SMILES string of the molecule is Nc1ccc(F)c(F)c1NC(=O)c1cc(Br)sc1Br. The molecule has 1 aromatic heterocycles. The number of nitrogen functional groups attached to an aromatic ring is 1. The zero-order valence-electron chi connectivity index (χ0n) is 9.14. The number of carbonyl (C=O) groups is 1. The number of nitrogens with one attached hydrogen (secondary N) is 1. The summed E-state index contributed by atoms with van der Waals surface area (Å²) in [7, 11) is 0. The smallest absolute Gasteiger partial charge is 0.257 e. The van der Waals surface area contributed by atoms with Gasteiger partial charge in [0.1, 0.15) is 5.69 Å². The number of rotatable bonds is 2. The molecule has 3 nitrogen and oxygen atoms in total. The first-order valence-corrected chi connectivity index (χ1v) is 7.30. The molecule has 0 aliphatic carbocycles. The van der Waals surface area contributed by atoms with Crippen LogP contribution in [0.4, 0.5) is 20.2 Å². The predicted molar refractivity (Wildman–Crippen MR) is 78.4 cm³/mol. The average Bonchev–Trinajstić information content (AvgIpc) is 2.69. The maximum atomic E-state index is 13.6. The number of amides is 1. The largest absolute Gasteiger partial charge is 0.397 e. The van der Waals surface area contributed by atoms with Crippen molar-refractivity contribution < 1.29 is 13.6 Å². The molecule has 1 heterocycles. The lowest BCUT2D eigenvalue weighted by Crippen LogP contribution is -2.14. The molecular formula is C11H6Br2F2N2OS. The quantitative estimate of drug-likeness (QED) is 0.720. The molecule has 0 atom stereocenters. The molecule has 3 N–H and O–H groups in total. The molecule has 2 aromatic rings. The number of nitrogens with two attached hydrogens (primary N) is 1. The Kier molecular flexibility index (Phi) is 4.22. The van der Waals surface area contributed by atoms with Gasteiger partial charge in [0.05, 0.1) is 18.8 Å². The summed E-state index contributed by atoms with van der Waals surface area (Å²) >= 11 is 7.73. The van der Waals surface area contributed by atoms with Crippen molar-refractivity contribution in [3.63, 3.8) is 0 Å². The monoisotopic (exact) mass is 410 g/mol. The third-order valence-corrected chi connectivity index (χ3v) is 4.61. The zero-order valence-corrected chi connectivity index (χ0v) is 13.1. The Morgan fingerprint density at radius 2 is 2.00 bits per heavy atom. The fourth-order valence-corrected chi connectivity index (χ4v) is 4.16. The normalized spacial score (nSPS) is 10.5. The second-order valence-corrected chi connectivity index (χ2v) is 7.27. The predicted octanol–water partition coefficient (Wildman–Crippen LogP) is 4.39. The van der Waals surface area contributed by atoms with E-state index in [0.717, 1.165) is 9.85 Å². The first-order valence-electron chi connectivity index (χ1n) is 4.90. The van der Waals surface area contributed by atoms with Gasteiger partial charge in [-0.15, -0.1) is 11.3 Å². The third-order valence-electron chi connectivity index (χ3n) is 2.27.